The average Bonchev–Trinajstić information content (AvgIpc) is 2.82. The van der Waals surface area contributed by atoms with Crippen molar-refractivity contribution in [2.75, 3.05) is 13.2 Å². The molecule has 1 aromatic rings. The molecule has 0 saturated carbocycles. The predicted molar refractivity (Wildman–Crippen MR) is 66.0 cm³/mol. The van der Waals surface area contributed by atoms with Crippen LogP contribution in [0.1, 0.15) is 12.0 Å². The van der Waals surface area contributed by atoms with Crippen LogP contribution in [0.25, 0.3) is 0 Å². The molecule has 5 heteroatoms. The molecule has 2 amide bonds. The molecule has 0 aliphatic carbocycles. The molecule has 1 heterocycles. The molecule has 5 nitrogen and oxygen atoms in total. The number of cyclic esters (lactones) is 1. The minimum atomic E-state index is -0.547. The van der Waals surface area contributed by atoms with Crippen LogP contribution in [-0.4, -0.2) is 31.2 Å². The Morgan fingerprint density at radius 1 is 1.39 bits per heavy atom. The summed E-state index contributed by atoms with van der Waals surface area (Å²) in [6.07, 6.45) is 1.27. The first-order valence-electron chi connectivity index (χ1n) is 6.00. The average molecular weight is 248 g/mol. The Bertz CT molecular complexity index is 420. The lowest BCUT2D eigenvalue weighted by Crippen LogP contribution is -2.43. The molecule has 0 spiro atoms. The van der Waals surface area contributed by atoms with Crippen molar-refractivity contribution >= 4 is 12.0 Å². The van der Waals surface area contributed by atoms with Gasteiger partial charge in [0.15, 0.2) is 0 Å². The lowest BCUT2D eigenvalue weighted by atomic mass is 10.1. The van der Waals surface area contributed by atoms with Crippen LogP contribution in [-0.2, 0) is 16.0 Å². The third-order valence-corrected chi connectivity index (χ3v) is 2.77. The van der Waals surface area contributed by atoms with Crippen molar-refractivity contribution in [2.45, 2.75) is 18.9 Å². The first kappa shape index (κ1) is 12.4. The third-order valence-electron chi connectivity index (χ3n) is 2.77. The van der Waals surface area contributed by atoms with Crippen LogP contribution in [0.4, 0.5) is 4.79 Å². The van der Waals surface area contributed by atoms with Gasteiger partial charge in [-0.2, -0.15) is 0 Å². The molecule has 1 atom stereocenters. The fraction of sp³-hybridized carbons (Fsp3) is 0.385. The monoisotopic (exact) mass is 248 g/mol. The first-order chi connectivity index (χ1) is 8.75. The highest BCUT2D eigenvalue weighted by molar-refractivity contribution is 5.87. The Morgan fingerprint density at radius 3 is 2.83 bits per heavy atom. The van der Waals surface area contributed by atoms with Gasteiger partial charge in [0.1, 0.15) is 12.6 Å². The number of hydrogen-bond donors (Lipinski definition) is 2. The normalized spacial score (nSPS) is 18.0. The van der Waals surface area contributed by atoms with Gasteiger partial charge in [-0.25, -0.2) is 4.79 Å². The first-order valence-corrected chi connectivity index (χ1v) is 6.00. The van der Waals surface area contributed by atoms with Gasteiger partial charge in [-0.1, -0.05) is 30.3 Å². The molecule has 2 N–H and O–H groups in total. The van der Waals surface area contributed by atoms with Crippen LogP contribution >= 0.6 is 0 Å². The molecule has 2 rings (SSSR count). The molecule has 1 aromatic carbocycles. The number of carbonyl (C=O) groups is 2. The fourth-order valence-electron chi connectivity index (χ4n) is 1.80. The molecule has 1 aliphatic heterocycles. The smallest absolute Gasteiger partial charge is 0.407 e. The minimum Gasteiger partial charge on any atom is -0.447 e. The van der Waals surface area contributed by atoms with Crippen LogP contribution in [0.15, 0.2) is 30.3 Å². The highest BCUT2D eigenvalue weighted by Gasteiger charge is 2.28. The van der Waals surface area contributed by atoms with E-state index >= 15 is 0 Å². The number of ether oxygens (including phenoxy) is 1. The zero-order chi connectivity index (χ0) is 12.8. The van der Waals surface area contributed by atoms with E-state index < -0.39 is 12.1 Å². The van der Waals surface area contributed by atoms with Gasteiger partial charge in [-0.3, -0.25) is 4.79 Å². The molecule has 1 saturated heterocycles. The van der Waals surface area contributed by atoms with Crippen molar-refractivity contribution in [3.05, 3.63) is 35.9 Å². The van der Waals surface area contributed by atoms with E-state index in [-0.39, 0.29) is 12.5 Å². The molecule has 1 unspecified atom stereocenters. The minimum absolute atomic E-state index is 0.114. The summed E-state index contributed by atoms with van der Waals surface area (Å²) in [7, 11) is 0. The summed E-state index contributed by atoms with van der Waals surface area (Å²) in [5, 5.41) is 5.22. The van der Waals surface area contributed by atoms with Gasteiger partial charge < -0.3 is 15.4 Å². The van der Waals surface area contributed by atoms with Crippen LogP contribution in [0.5, 0.6) is 0 Å². The number of benzene rings is 1. The molecular formula is C13H16N2O3. The Labute approximate surface area is 106 Å². The van der Waals surface area contributed by atoms with Gasteiger partial charge >= 0.3 is 6.09 Å². The van der Waals surface area contributed by atoms with Crippen molar-refractivity contribution in [3.63, 3.8) is 0 Å². The number of nitrogens with one attached hydrogen (secondary N) is 2. The summed E-state index contributed by atoms with van der Waals surface area (Å²) in [6, 6.07) is 9.56. The largest absolute Gasteiger partial charge is 0.447 e. The van der Waals surface area contributed by atoms with Gasteiger partial charge in [0.25, 0.3) is 0 Å². The summed E-state index contributed by atoms with van der Waals surface area (Å²) < 4.78 is 4.65. The van der Waals surface area contributed by atoms with E-state index in [0.717, 1.165) is 12.8 Å². The number of aryl methyl sites for hydroxylation is 1. The van der Waals surface area contributed by atoms with Crippen molar-refractivity contribution in [2.24, 2.45) is 0 Å². The van der Waals surface area contributed by atoms with E-state index in [0.29, 0.717) is 6.54 Å². The molecular weight excluding hydrogens is 232 g/mol. The number of alkyl carbamates (subject to hydrolysis) is 1. The number of hydrogen-bond acceptors (Lipinski definition) is 3. The molecule has 0 aromatic heterocycles. The number of rotatable bonds is 5. The molecule has 1 aliphatic rings. The van der Waals surface area contributed by atoms with Crippen molar-refractivity contribution in [3.8, 4) is 0 Å². The lowest BCUT2D eigenvalue weighted by Gasteiger charge is -2.08. The van der Waals surface area contributed by atoms with Crippen LogP contribution in [0.2, 0.25) is 0 Å². The standard InChI is InChI=1S/C13H16N2O3/c16-12(11-9-18-13(17)15-11)14-8-4-7-10-5-2-1-3-6-10/h1-3,5-6,11H,4,7-9H2,(H,14,16)(H,15,17). The van der Waals surface area contributed by atoms with Crippen LogP contribution in [0, 0.1) is 0 Å². The predicted octanol–water partition coefficient (Wildman–Crippen LogP) is 0.844. The highest BCUT2D eigenvalue weighted by Crippen LogP contribution is 2.02. The maximum Gasteiger partial charge on any atom is 0.407 e. The van der Waals surface area contributed by atoms with E-state index in [9.17, 15) is 9.59 Å². The van der Waals surface area contributed by atoms with Crippen LogP contribution in [0.3, 0.4) is 0 Å². The van der Waals surface area contributed by atoms with Crippen molar-refractivity contribution < 1.29 is 14.3 Å². The Morgan fingerprint density at radius 2 is 2.17 bits per heavy atom. The van der Waals surface area contributed by atoms with E-state index in [1.165, 1.54) is 5.56 Å². The summed E-state index contributed by atoms with van der Waals surface area (Å²) in [5.74, 6) is -0.186. The van der Waals surface area contributed by atoms with E-state index in [4.69, 9.17) is 0 Å². The fourth-order valence-corrected chi connectivity index (χ4v) is 1.80. The van der Waals surface area contributed by atoms with Crippen LogP contribution < -0.4 is 10.6 Å². The maximum atomic E-state index is 11.6. The van der Waals surface area contributed by atoms with Gasteiger partial charge in [0.05, 0.1) is 0 Å². The summed E-state index contributed by atoms with van der Waals surface area (Å²) in [4.78, 5) is 22.4. The van der Waals surface area contributed by atoms with Crippen molar-refractivity contribution in [1.82, 2.24) is 10.6 Å². The Balaban J connectivity index is 1.63. The molecule has 0 radical (unpaired) electrons. The number of amides is 2. The Kier molecular flexibility index (Phi) is 4.17. The van der Waals surface area contributed by atoms with E-state index in [1.54, 1.807) is 0 Å². The second-order valence-electron chi connectivity index (χ2n) is 4.18. The summed E-state index contributed by atoms with van der Waals surface area (Å²) in [5.41, 5.74) is 1.25. The van der Waals surface area contributed by atoms with Gasteiger partial charge in [0, 0.05) is 6.54 Å². The third kappa shape index (κ3) is 3.48. The molecule has 96 valence electrons. The van der Waals surface area contributed by atoms with Crippen molar-refractivity contribution in [1.29, 1.82) is 0 Å². The quantitative estimate of drug-likeness (QED) is 0.759. The van der Waals surface area contributed by atoms with E-state index in [1.807, 2.05) is 18.2 Å². The highest BCUT2D eigenvalue weighted by atomic mass is 16.6. The number of carbonyl (C=O) groups excluding carboxylic acids is 2. The second-order valence-corrected chi connectivity index (χ2v) is 4.18. The summed E-state index contributed by atoms with van der Waals surface area (Å²) >= 11 is 0. The van der Waals surface area contributed by atoms with Gasteiger partial charge in [0.2, 0.25) is 5.91 Å². The van der Waals surface area contributed by atoms with Gasteiger partial charge in [-0.15, -0.1) is 0 Å². The zero-order valence-electron chi connectivity index (χ0n) is 10.0. The SMILES string of the molecule is O=C1NC(C(=O)NCCCc2ccccc2)CO1. The Hall–Kier alpha value is -2.04. The lowest BCUT2D eigenvalue weighted by molar-refractivity contribution is -0.122. The molecule has 18 heavy (non-hydrogen) atoms. The molecule has 0 bridgehead atoms. The maximum absolute atomic E-state index is 11.6. The second kappa shape index (κ2) is 6.05. The molecule has 1 fully saturated rings. The van der Waals surface area contributed by atoms with Gasteiger partial charge in [-0.05, 0) is 18.4 Å². The summed E-state index contributed by atoms with van der Waals surface area (Å²) in [6.45, 7) is 0.712. The zero-order valence-corrected chi connectivity index (χ0v) is 10.0. The topological polar surface area (TPSA) is 67.4 Å². The van der Waals surface area contributed by atoms with E-state index in [2.05, 4.69) is 27.5 Å².